The zero-order valence-electron chi connectivity index (χ0n) is 18.5. The quantitative estimate of drug-likeness (QED) is 0.308. The molecule has 0 saturated carbocycles. The van der Waals surface area contributed by atoms with Crippen LogP contribution in [0.15, 0.2) is 70.3 Å². The second-order valence-corrected chi connectivity index (χ2v) is 8.38. The van der Waals surface area contributed by atoms with Crippen molar-refractivity contribution in [2.45, 2.75) is 23.9 Å². The van der Waals surface area contributed by atoms with Gasteiger partial charge in [0.1, 0.15) is 11.6 Å². The Kier molecular flexibility index (Phi) is 6.37. The Morgan fingerprint density at radius 1 is 1.00 bits per heavy atom. The number of rotatable bonds is 7. The smallest absolute Gasteiger partial charge is 0.277 e. The molecule has 0 N–H and O–H groups in total. The molecule has 0 aliphatic carbocycles. The minimum Gasteiger partial charge on any atom is -0.493 e. The minimum atomic E-state index is -0.553. The molecule has 2 heterocycles. The molecule has 0 amide bonds. The molecule has 0 radical (unpaired) electrons. The summed E-state index contributed by atoms with van der Waals surface area (Å²) in [6, 6.07) is 17.9. The monoisotopic (exact) mass is 480 g/mol. The van der Waals surface area contributed by atoms with Crippen LogP contribution in [-0.2, 0) is 17.1 Å². The van der Waals surface area contributed by atoms with Gasteiger partial charge in [0.2, 0.25) is 12.2 Å². The van der Waals surface area contributed by atoms with E-state index in [-0.39, 0.29) is 12.4 Å². The van der Waals surface area contributed by atoms with Crippen molar-refractivity contribution >= 4 is 11.8 Å². The molecule has 0 bridgehead atoms. The van der Waals surface area contributed by atoms with Gasteiger partial charge in [0, 0.05) is 28.0 Å². The Morgan fingerprint density at radius 3 is 2.62 bits per heavy atom. The van der Waals surface area contributed by atoms with E-state index in [0.29, 0.717) is 50.8 Å². The first-order chi connectivity index (χ1) is 16.6. The number of benzene rings is 3. The summed E-state index contributed by atoms with van der Waals surface area (Å²) >= 11 is 1.30. The van der Waals surface area contributed by atoms with Crippen LogP contribution in [-0.4, -0.2) is 24.4 Å². The summed E-state index contributed by atoms with van der Waals surface area (Å²) in [5.41, 5.74) is 2.95. The number of aromatic nitrogens is 2. The van der Waals surface area contributed by atoms with E-state index in [1.54, 1.807) is 26.4 Å². The van der Waals surface area contributed by atoms with Crippen molar-refractivity contribution in [1.29, 1.82) is 0 Å². The largest absolute Gasteiger partial charge is 0.493 e. The first-order valence-corrected chi connectivity index (χ1v) is 11.5. The third kappa shape index (κ3) is 4.57. The van der Waals surface area contributed by atoms with Crippen LogP contribution in [0.4, 0.5) is 4.39 Å². The minimum absolute atomic E-state index is 0.258. The van der Waals surface area contributed by atoms with E-state index in [9.17, 15) is 4.39 Å². The average Bonchev–Trinajstić information content (AvgIpc) is 3.36. The van der Waals surface area contributed by atoms with Gasteiger partial charge in [0.25, 0.3) is 5.22 Å². The third-order valence-corrected chi connectivity index (χ3v) is 6.15. The molecule has 3 aromatic carbocycles. The molecule has 1 aromatic heterocycles. The Balaban J connectivity index is 1.34. The summed E-state index contributed by atoms with van der Waals surface area (Å²) in [6.07, 6.45) is -0.553. The number of hydrogen-bond donors (Lipinski definition) is 0. The molecule has 5 rings (SSSR count). The summed E-state index contributed by atoms with van der Waals surface area (Å²) in [5.74, 6) is 2.17. The highest BCUT2D eigenvalue weighted by Crippen LogP contribution is 2.39. The molecule has 174 valence electrons. The zero-order chi connectivity index (χ0) is 23.5. The highest BCUT2D eigenvalue weighted by molar-refractivity contribution is 7.98. The van der Waals surface area contributed by atoms with Gasteiger partial charge in [0.15, 0.2) is 11.5 Å². The van der Waals surface area contributed by atoms with E-state index in [1.807, 2.05) is 36.4 Å². The fourth-order valence-electron chi connectivity index (χ4n) is 3.65. The maximum absolute atomic E-state index is 14.3. The van der Waals surface area contributed by atoms with Crippen molar-refractivity contribution in [3.8, 4) is 28.7 Å². The van der Waals surface area contributed by atoms with Gasteiger partial charge in [-0.2, -0.15) is 0 Å². The van der Waals surface area contributed by atoms with Crippen LogP contribution in [0.2, 0.25) is 0 Å². The van der Waals surface area contributed by atoms with E-state index in [0.717, 1.165) is 5.56 Å². The first kappa shape index (κ1) is 22.2. The van der Waals surface area contributed by atoms with Crippen molar-refractivity contribution in [2.75, 3.05) is 14.2 Å². The predicted molar refractivity (Wildman–Crippen MR) is 123 cm³/mol. The van der Waals surface area contributed by atoms with Gasteiger partial charge >= 0.3 is 0 Å². The normalized spacial score (nSPS) is 14.9. The molecule has 1 unspecified atom stereocenters. The number of halogens is 1. The maximum atomic E-state index is 14.3. The van der Waals surface area contributed by atoms with E-state index in [4.69, 9.17) is 23.4 Å². The number of fused-ring (bicyclic) bond motifs is 1. The Hall–Kier alpha value is -3.56. The van der Waals surface area contributed by atoms with E-state index < -0.39 is 6.29 Å². The lowest BCUT2D eigenvalue weighted by Crippen LogP contribution is -2.19. The molecule has 4 aromatic rings. The number of ether oxygens (including phenoxy) is 4. The molecule has 34 heavy (non-hydrogen) atoms. The van der Waals surface area contributed by atoms with Crippen molar-refractivity contribution < 1.29 is 27.8 Å². The van der Waals surface area contributed by atoms with E-state index in [1.165, 1.54) is 23.9 Å². The SMILES string of the molecule is COc1ccc(-c2nnc(SCc3cc(F)cc4c3OC(c3ccccc3)OC4)o2)cc1OC. The highest BCUT2D eigenvalue weighted by atomic mass is 32.2. The molecule has 0 saturated heterocycles. The van der Waals surface area contributed by atoms with Crippen molar-refractivity contribution in [3.05, 3.63) is 83.2 Å². The first-order valence-electron chi connectivity index (χ1n) is 10.5. The summed E-state index contributed by atoms with van der Waals surface area (Å²) < 4.78 is 42.6. The van der Waals surface area contributed by atoms with Gasteiger partial charge in [-0.3, -0.25) is 0 Å². The fourth-order valence-corrected chi connectivity index (χ4v) is 4.38. The van der Waals surface area contributed by atoms with Crippen LogP contribution < -0.4 is 14.2 Å². The van der Waals surface area contributed by atoms with Crippen LogP contribution in [0.1, 0.15) is 23.0 Å². The van der Waals surface area contributed by atoms with Crippen molar-refractivity contribution in [1.82, 2.24) is 10.2 Å². The summed E-state index contributed by atoms with van der Waals surface area (Å²) in [7, 11) is 3.13. The Bertz CT molecular complexity index is 1300. The van der Waals surface area contributed by atoms with Crippen molar-refractivity contribution in [2.24, 2.45) is 0 Å². The zero-order valence-corrected chi connectivity index (χ0v) is 19.3. The molecule has 1 aliphatic heterocycles. The third-order valence-electron chi connectivity index (χ3n) is 5.28. The van der Waals surface area contributed by atoms with Crippen LogP contribution in [0.3, 0.4) is 0 Å². The topological polar surface area (TPSA) is 75.8 Å². The Morgan fingerprint density at radius 2 is 1.82 bits per heavy atom. The molecular weight excluding hydrogens is 459 g/mol. The second-order valence-electron chi connectivity index (χ2n) is 7.46. The van der Waals surface area contributed by atoms with Gasteiger partial charge in [-0.25, -0.2) is 4.39 Å². The molecule has 0 spiro atoms. The number of nitrogens with zero attached hydrogens (tertiary/aromatic N) is 2. The number of hydrogen-bond acceptors (Lipinski definition) is 8. The molecule has 7 nitrogen and oxygen atoms in total. The lowest BCUT2D eigenvalue weighted by molar-refractivity contribution is -0.112. The fraction of sp³-hybridized carbons (Fsp3) is 0.200. The van der Waals surface area contributed by atoms with Crippen LogP contribution in [0, 0.1) is 5.82 Å². The van der Waals surface area contributed by atoms with Gasteiger partial charge in [-0.15, -0.1) is 10.2 Å². The Labute approximate surface area is 199 Å². The highest BCUT2D eigenvalue weighted by Gasteiger charge is 2.25. The number of thioether (sulfide) groups is 1. The van der Waals surface area contributed by atoms with Gasteiger partial charge in [-0.1, -0.05) is 42.1 Å². The molecule has 1 aliphatic rings. The van der Waals surface area contributed by atoms with Crippen LogP contribution >= 0.6 is 11.8 Å². The molecular formula is C25H21FN2O5S. The lowest BCUT2D eigenvalue weighted by atomic mass is 10.1. The molecule has 1 atom stereocenters. The summed E-state index contributed by atoms with van der Waals surface area (Å²) in [6.45, 7) is 0.258. The van der Waals surface area contributed by atoms with E-state index >= 15 is 0 Å². The van der Waals surface area contributed by atoms with Gasteiger partial charge in [-0.05, 0) is 30.3 Å². The second kappa shape index (κ2) is 9.74. The molecule has 9 heteroatoms. The summed E-state index contributed by atoms with van der Waals surface area (Å²) in [5, 5.41) is 8.60. The standard InChI is InChI=1S/C25H21FN2O5S/c1-29-20-9-8-16(12-21(20)30-2)23-27-28-25(33-23)34-14-18-11-19(26)10-17-13-31-24(32-22(17)18)15-6-4-3-5-7-15/h3-12,24H,13-14H2,1-2H3. The van der Waals surface area contributed by atoms with Crippen LogP contribution in [0.25, 0.3) is 11.5 Å². The van der Waals surface area contributed by atoms with Crippen molar-refractivity contribution in [3.63, 3.8) is 0 Å². The lowest BCUT2D eigenvalue weighted by Gasteiger charge is -2.28. The van der Waals surface area contributed by atoms with Crippen LogP contribution in [0.5, 0.6) is 17.2 Å². The predicted octanol–water partition coefficient (Wildman–Crippen LogP) is 5.79. The van der Waals surface area contributed by atoms with E-state index in [2.05, 4.69) is 10.2 Å². The number of methoxy groups -OCH3 is 2. The maximum Gasteiger partial charge on any atom is 0.277 e. The summed E-state index contributed by atoms with van der Waals surface area (Å²) in [4.78, 5) is 0. The van der Waals surface area contributed by atoms with Gasteiger partial charge in [0.05, 0.1) is 20.8 Å². The average molecular weight is 481 g/mol. The van der Waals surface area contributed by atoms with Gasteiger partial charge < -0.3 is 23.4 Å². The molecule has 0 fully saturated rings.